The largest absolute Gasteiger partial charge is 0.394 e. The number of ether oxygens (including phenoxy) is 1. The molecule has 1 fully saturated rings. The second kappa shape index (κ2) is 5.96. The van der Waals surface area contributed by atoms with E-state index in [1.54, 1.807) is 0 Å². The lowest BCUT2D eigenvalue weighted by molar-refractivity contribution is -0.113. The van der Waals surface area contributed by atoms with Gasteiger partial charge in [-0.15, -0.1) is 0 Å². The van der Waals surface area contributed by atoms with Gasteiger partial charge in [-0.2, -0.15) is 0 Å². The fourth-order valence-corrected chi connectivity index (χ4v) is 2.26. The van der Waals surface area contributed by atoms with Gasteiger partial charge in [-0.05, 0) is 19.8 Å². The predicted octanol–water partition coefficient (Wildman–Crippen LogP) is 0.619. The van der Waals surface area contributed by atoms with Crippen LogP contribution < -0.4 is 0 Å². The van der Waals surface area contributed by atoms with E-state index in [4.69, 9.17) is 9.84 Å². The number of nitrogens with zero attached hydrogens (tertiary/aromatic N) is 1. The number of morpholine rings is 1. The molecule has 2 atom stereocenters. The first-order valence-corrected chi connectivity index (χ1v) is 6.24. The zero-order valence-corrected chi connectivity index (χ0v) is 10.6. The SMILES string of the molecule is CCC(O)(CC)CN1CC(C)OC(CO)C1. The number of rotatable bonds is 5. The third kappa shape index (κ3) is 3.70. The first-order valence-electron chi connectivity index (χ1n) is 6.24. The van der Waals surface area contributed by atoms with E-state index in [2.05, 4.69) is 4.90 Å². The van der Waals surface area contributed by atoms with Gasteiger partial charge in [0.2, 0.25) is 0 Å². The minimum Gasteiger partial charge on any atom is -0.394 e. The summed E-state index contributed by atoms with van der Waals surface area (Å²) in [6.45, 7) is 8.29. The molecule has 0 aromatic heterocycles. The summed E-state index contributed by atoms with van der Waals surface area (Å²) in [6, 6.07) is 0. The van der Waals surface area contributed by atoms with Crippen molar-refractivity contribution >= 4 is 0 Å². The van der Waals surface area contributed by atoms with Gasteiger partial charge < -0.3 is 14.9 Å². The quantitative estimate of drug-likeness (QED) is 0.728. The van der Waals surface area contributed by atoms with E-state index in [1.165, 1.54) is 0 Å². The highest BCUT2D eigenvalue weighted by Gasteiger charge is 2.31. The molecule has 0 amide bonds. The third-order valence-corrected chi connectivity index (χ3v) is 3.44. The van der Waals surface area contributed by atoms with Crippen molar-refractivity contribution in [2.75, 3.05) is 26.2 Å². The number of aliphatic hydroxyl groups excluding tert-OH is 1. The van der Waals surface area contributed by atoms with Gasteiger partial charge in [-0.3, -0.25) is 4.90 Å². The van der Waals surface area contributed by atoms with Crippen molar-refractivity contribution in [1.29, 1.82) is 0 Å². The summed E-state index contributed by atoms with van der Waals surface area (Å²) in [7, 11) is 0. The van der Waals surface area contributed by atoms with E-state index in [-0.39, 0.29) is 18.8 Å². The predicted molar refractivity (Wildman–Crippen MR) is 63.4 cm³/mol. The van der Waals surface area contributed by atoms with Crippen molar-refractivity contribution in [3.63, 3.8) is 0 Å². The average Bonchev–Trinajstić information content (AvgIpc) is 2.28. The Morgan fingerprint density at radius 2 is 1.94 bits per heavy atom. The van der Waals surface area contributed by atoms with Crippen LogP contribution in [0.15, 0.2) is 0 Å². The molecule has 2 N–H and O–H groups in total. The molecule has 1 aliphatic rings. The van der Waals surface area contributed by atoms with Crippen molar-refractivity contribution < 1.29 is 14.9 Å². The summed E-state index contributed by atoms with van der Waals surface area (Å²) in [5, 5.41) is 19.4. The number of β-amino-alcohol motifs (C(OH)–C–C–N with tert-alkyl or cyclic N) is 1. The molecule has 0 aromatic carbocycles. The average molecular weight is 231 g/mol. The molecule has 96 valence electrons. The zero-order chi connectivity index (χ0) is 12.2. The molecule has 1 rings (SSSR count). The van der Waals surface area contributed by atoms with Gasteiger partial charge in [0.1, 0.15) is 0 Å². The van der Waals surface area contributed by atoms with Gasteiger partial charge in [0.05, 0.1) is 24.4 Å². The highest BCUT2D eigenvalue weighted by atomic mass is 16.5. The summed E-state index contributed by atoms with van der Waals surface area (Å²) >= 11 is 0. The highest BCUT2D eigenvalue weighted by Crippen LogP contribution is 2.19. The Balaban J connectivity index is 2.52. The third-order valence-electron chi connectivity index (χ3n) is 3.44. The van der Waals surface area contributed by atoms with Crippen LogP contribution in [0.5, 0.6) is 0 Å². The monoisotopic (exact) mass is 231 g/mol. The molecule has 0 bridgehead atoms. The van der Waals surface area contributed by atoms with E-state index in [1.807, 2.05) is 20.8 Å². The van der Waals surface area contributed by atoms with Crippen molar-refractivity contribution in [3.05, 3.63) is 0 Å². The molecule has 1 aliphatic heterocycles. The number of hydrogen-bond acceptors (Lipinski definition) is 4. The van der Waals surface area contributed by atoms with Crippen molar-refractivity contribution in [2.45, 2.75) is 51.4 Å². The normalized spacial score (nSPS) is 28.3. The standard InChI is InChI=1S/C12H25NO3/c1-4-12(15,5-2)9-13-6-10(3)16-11(7-13)8-14/h10-11,14-15H,4-9H2,1-3H3. The van der Waals surface area contributed by atoms with Gasteiger partial charge in [0, 0.05) is 19.6 Å². The molecule has 1 heterocycles. The van der Waals surface area contributed by atoms with Crippen molar-refractivity contribution in [1.82, 2.24) is 4.90 Å². The molecule has 1 saturated heterocycles. The maximum absolute atomic E-state index is 10.3. The number of hydrogen-bond donors (Lipinski definition) is 2. The Morgan fingerprint density at radius 3 is 2.44 bits per heavy atom. The van der Waals surface area contributed by atoms with Gasteiger partial charge >= 0.3 is 0 Å². The van der Waals surface area contributed by atoms with Crippen LogP contribution in [0.1, 0.15) is 33.6 Å². The Hall–Kier alpha value is -0.160. The second-order valence-corrected chi connectivity index (χ2v) is 4.88. The molecular weight excluding hydrogens is 206 g/mol. The maximum atomic E-state index is 10.3. The van der Waals surface area contributed by atoms with Crippen LogP contribution in [0.4, 0.5) is 0 Å². The molecule has 4 nitrogen and oxygen atoms in total. The van der Waals surface area contributed by atoms with E-state index in [0.29, 0.717) is 13.1 Å². The van der Waals surface area contributed by atoms with Gasteiger partial charge in [0.15, 0.2) is 0 Å². The molecule has 2 unspecified atom stereocenters. The zero-order valence-electron chi connectivity index (χ0n) is 10.6. The Morgan fingerprint density at radius 1 is 1.31 bits per heavy atom. The summed E-state index contributed by atoms with van der Waals surface area (Å²) < 4.78 is 5.57. The van der Waals surface area contributed by atoms with Crippen LogP contribution in [0.2, 0.25) is 0 Å². The van der Waals surface area contributed by atoms with E-state index in [0.717, 1.165) is 19.4 Å². The van der Waals surface area contributed by atoms with Crippen LogP contribution in [0, 0.1) is 0 Å². The Kier molecular flexibility index (Phi) is 5.18. The highest BCUT2D eigenvalue weighted by molar-refractivity contribution is 4.84. The summed E-state index contributed by atoms with van der Waals surface area (Å²) in [6.07, 6.45) is 1.54. The van der Waals surface area contributed by atoms with Crippen molar-refractivity contribution in [2.24, 2.45) is 0 Å². The smallest absolute Gasteiger partial charge is 0.0936 e. The number of aliphatic hydroxyl groups is 2. The Labute approximate surface area is 98.2 Å². The minimum atomic E-state index is -0.600. The molecule has 0 saturated carbocycles. The first-order chi connectivity index (χ1) is 7.53. The molecule has 4 heteroatoms. The fourth-order valence-electron chi connectivity index (χ4n) is 2.26. The Bertz CT molecular complexity index is 206. The lowest BCUT2D eigenvalue weighted by Gasteiger charge is -2.40. The lowest BCUT2D eigenvalue weighted by atomic mass is 9.96. The van der Waals surface area contributed by atoms with E-state index >= 15 is 0 Å². The van der Waals surface area contributed by atoms with Crippen LogP contribution in [-0.2, 0) is 4.74 Å². The summed E-state index contributed by atoms with van der Waals surface area (Å²) in [5.41, 5.74) is -0.600. The maximum Gasteiger partial charge on any atom is 0.0936 e. The summed E-state index contributed by atoms with van der Waals surface area (Å²) in [4.78, 5) is 2.20. The van der Waals surface area contributed by atoms with E-state index < -0.39 is 5.60 Å². The fraction of sp³-hybridized carbons (Fsp3) is 1.00. The molecular formula is C12H25NO3. The second-order valence-electron chi connectivity index (χ2n) is 4.88. The molecule has 0 radical (unpaired) electrons. The van der Waals surface area contributed by atoms with Gasteiger partial charge in [-0.1, -0.05) is 13.8 Å². The van der Waals surface area contributed by atoms with Crippen LogP contribution in [-0.4, -0.2) is 59.2 Å². The molecule has 16 heavy (non-hydrogen) atoms. The minimum absolute atomic E-state index is 0.0531. The van der Waals surface area contributed by atoms with Gasteiger partial charge in [0.25, 0.3) is 0 Å². The molecule has 0 aromatic rings. The van der Waals surface area contributed by atoms with E-state index in [9.17, 15) is 5.11 Å². The topological polar surface area (TPSA) is 52.9 Å². The van der Waals surface area contributed by atoms with Crippen molar-refractivity contribution in [3.8, 4) is 0 Å². The summed E-state index contributed by atoms with van der Waals surface area (Å²) in [5.74, 6) is 0. The van der Waals surface area contributed by atoms with Crippen LogP contribution >= 0.6 is 0 Å². The van der Waals surface area contributed by atoms with Gasteiger partial charge in [-0.25, -0.2) is 0 Å². The first kappa shape index (κ1) is 13.9. The molecule has 0 aliphatic carbocycles. The van der Waals surface area contributed by atoms with Crippen LogP contribution in [0.3, 0.4) is 0 Å². The van der Waals surface area contributed by atoms with Crippen LogP contribution in [0.25, 0.3) is 0 Å². The lowest BCUT2D eigenvalue weighted by Crippen LogP contribution is -2.53. The molecule has 0 spiro atoms.